The number of nitrogens with one attached hydrogen (secondary N) is 1. The first kappa shape index (κ1) is 24.2. The Hall–Kier alpha value is -3.90. The van der Waals surface area contributed by atoms with Gasteiger partial charge in [0.25, 0.3) is 11.8 Å². The van der Waals surface area contributed by atoms with E-state index in [0.717, 1.165) is 27.2 Å². The van der Waals surface area contributed by atoms with Crippen molar-refractivity contribution >= 4 is 41.2 Å². The Morgan fingerprint density at radius 2 is 1.63 bits per heavy atom. The largest absolute Gasteiger partial charge is 0.488 e. The molecule has 0 saturated carbocycles. The first-order valence-electron chi connectivity index (χ1n) is 11.1. The van der Waals surface area contributed by atoms with Crippen LogP contribution in [0.2, 0.25) is 5.02 Å². The number of benzene rings is 3. The van der Waals surface area contributed by atoms with Crippen LogP contribution in [0.4, 0.5) is 10.5 Å². The average Bonchev–Trinajstić information content (AvgIpc) is 2.80. The quantitative estimate of drug-likeness (QED) is 0.362. The van der Waals surface area contributed by atoms with E-state index in [0.29, 0.717) is 28.6 Å². The lowest BCUT2D eigenvalue weighted by molar-refractivity contribution is -0.122. The zero-order valence-electron chi connectivity index (χ0n) is 19.9. The van der Waals surface area contributed by atoms with Gasteiger partial charge in [-0.15, -0.1) is 0 Å². The number of hydrogen-bond acceptors (Lipinski definition) is 4. The zero-order valence-corrected chi connectivity index (χ0v) is 20.7. The number of amides is 4. The van der Waals surface area contributed by atoms with Gasteiger partial charge in [-0.05, 0) is 85.9 Å². The van der Waals surface area contributed by atoms with Crippen molar-refractivity contribution < 1.29 is 19.1 Å². The van der Waals surface area contributed by atoms with E-state index >= 15 is 0 Å². The molecule has 6 nitrogen and oxygen atoms in total. The smallest absolute Gasteiger partial charge is 0.335 e. The molecule has 1 N–H and O–H groups in total. The first-order chi connectivity index (χ1) is 16.6. The van der Waals surface area contributed by atoms with Crippen LogP contribution in [-0.2, 0) is 16.2 Å². The van der Waals surface area contributed by atoms with Gasteiger partial charge < -0.3 is 4.74 Å². The van der Waals surface area contributed by atoms with Crippen LogP contribution in [0.3, 0.4) is 0 Å². The van der Waals surface area contributed by atoms with Gasteiger partial charge in [-0.1, -0.05) is 41.9 Å². The molecule has 1 heterocycles. The van der Waals surface area contributed by atoms with Crippen LogP contribution >= 0.6 is 11.6 Å². The molecule has 7 heteroatoms. The third-order valence-electron chi connectivity index (χ3n) is 5.94. The summed E-state index contributed by atoms with van der Waals surface area (Å²) in [4.78, 5) is 39.6. The van der Waals surface area contributed by atoms with Gasteiger partial charge in [0.1, 0.15) is 17.9 Å². The minimum Gasteiger partial charge on any atom is -0.488 e. The van der Waals surface area contributed by atoms with Crippen LogP contribution in [-0.4, -0.2) is 17.8 Å². The molecule has 0 aliphatic carbocycles. The second kappa shape index (κ2) is 9.76. The molecular weight excluding hydrogens is 464 g/mol. The molecule has 0 aromatic heterocycles. The van der Waals surface area contributed by atoms with E-state index in [9.17, 15) is 14.4 Å². The molecule has 0 spiro atoms. The molecule has 0 atom stereocenters. The van der Waals surface area contributed by atoms with Gasteiger partial charge in [0.2, 0.25) is 0 Å². The van der Waals surface area contributed by atoms with Gasteiger partial charge in [0.15, 0.2) is 0 Å². The monoisotopic (exact) mass is 488 g/mol. The highest BCUT2D eigenvalue weighted by molar-refractivity contribution is 6.39. The molecule has 1 fully saturated rings. The van der Waals surface area contributed by atoms with Crippen LogP contribution in [0.5, 0.6) is 5.75 Å². The minimum atomic E-state index is -0.789. The van der Waals surface area contributed by atoms with Crippen LogP contribution in [0.1, 0.15) is 33.4 Å². The number of carbonyl (C=O) groups excluding carboxylic acids is 3. The van der Waals surface area contributed by atoms with Crippen molar-refractivity contribution in [3.05, 3.63) is 98.6 Å². The number of nitrogens with zero attached hydrogens (tertiary/aromatic N) is 1. The van der Waals surface area contributed by atoms with E-state index in [1.54, 1.807) is 31.2 Å². The highest BCUT2D eigenvalue weighted by Crippen LogP contribution is 2.30. The maximum Gasteiger partial charge on any atom is 0.335 e. The fourth-order valence-electron chi connectivity index (χ4n) is 3.81. The normalized spacial score (nSPS) is 14.9. The van der Waals surface area contributed by atoms with Crippen molar-refractivity contribution in [3.8, 4) is 5.75 Å². The Labute approximate surface area is 209 Å². The molecule has 1 aliphatic rings. The molecule has 178 valence electrons. The maximum absolute atomic E-state index is 13.4. The number of urea groups is 1. The number of aryl methyl sites for hydroxylation is 4. The van der Waals surface area contributed by atoms with Crippen molar-refractivity contribution in [1.29, 1.82) is 0 Å². The number of halogens is 1. The number of barbiturate groups is 1. The van der Waals surface area contributed by atoms with Gasteiger partial charge in [0.05, 0.1) is 5.69 Å². The Bertz CT molecular complexity index is 1390. The number of ether oxygens (including phenoxy) is 1. The number of imide groups is 2. The minimum absolute atomic E-state index is 0.191. The molecule has 3 aromatic rings. The third-order valence-corrected chi connectivity index (χ3v) is 6.18. The average molecular weight is 489 g/mol. The van der Waals surface area contributed by atoms with Gasteiger partial charge in [-0.3, -0.25) is 14.9 Å². The summed E-state index contributed by atoms with van der Waals surface area (Å²) >= 11 is 6.21. The molecule has 0 bridgehead atoms. The van der Waals surface area contributed by atoms with Crippen molar-refractivity contribution in [1.82, 2.24) is 5.32 Å². The Morgan fingerprint density at radius 3 is 2.37 bits per heavy atom. The van der Waals surface area contributed by atoms with Crippen molar-refractivity contribution in [2.24, 2.45) is 0 Å². The summed E-state index contributed by atoms with van der Waals surface area (Å²) in [6, 6.07) is 15.7. The number of anilines is 1. The molecule has 1 saturated heterocycles. The summed E-state index contributed by atoms with van der Waals surface area (Å²) in [6.45, 7) is 8.04. The predicted molar refractivity (Wildman–Crippen MR) is 137 cm³/mol. The molecule has 3 aromatic carbocycles. The topological polar surface area (TPSA) is 75.7 Å². The standard InChI is InChI=1S/C28H25ClN2O4/c1-16-5-6-18(3)24(11-16)31-27(33)23(26(32)30-28(31)34)14-21-13-22(29)9-10-25(21)35-15-20-8-7-17(2)19(4)12-20/h5-14H,15H2,1-4H3,(H,30,32,34)/b23-14+. The molecule has 1 aliphatic heterocycles. The third kappa shape index (κ3) is 5.12. The Balaban J connectivity index is 1.69. The zero-order chi connectivity index (χ0) is 25.3. The van der Waals surface area contributed by atoms with Gasteiger partial charge in [0, 0.05) is 10.6 Å². The van der Waals surface area contributed by atoms with Crippen LogP contribution < -0.4 is 15.0 Å². The maximum atomic E-state index is 13.4. The SMILES string of the molecule is Cc1ccc(C)c(N2C(=O)NC(=O)/C(=C\c3cc(Cl)ccc3OCc3ccc(C)c(C)c3)C2=O)c1. The summed E-state index contributed by atoms with van der Waals surface area (Å²) in [6.07, 6.45) is 1.41. The fourth-order valence-corrected chi connectivity index (χ4v) is 3.99. The lowest BCUT2D eigenvalue weighted by Crippen LogP contribution is -2.54. The highest BCUT2D eigenvalue weighted by Gasteiger charge is 2.37. The summed E-state index contributed by atoms with van der Waals surface area (Å²) in [5, 5.41) is 2.68. The van der Waals surface area contributed by atoms with E-state index in [-0.39, 0.29) is 5.57 Å². The summed E-state index contributed by atoms with van der Waals surface area (Å²) in [5.74, 6) is -1.04. The van der Waals surface area contributed by atoms with Gasteiger partial charge >= 0.3 is 6.03 Å². The Kier molecular flexibility index (Phi) is 6.76. The van der Waals surface area contributed by atoms with Gasteiger partial charge in [-0.2, -0.15) is 0 Å². The summed E-state index contributed by atoms with van der Waals surface area (Å²) in [7, 11) is 0. The molecule has 4 rings (SSSR count). The second-order valence-electron chi connectivity index (χ2n) is 8.64. The van der Waals surface area contributed by atoms with E-state index in [2.05, 4.69) is 11.4 Å². The molecule has 0 unspecified atom stereocenters. The van der Waals surface area contributed by atoms with Crippen LogP contribution in [0.25, 0.3) is 6.08 Å². The van der Waals surface area contributed by atoms with E-state index < -0.39 is 17.8 Å². The predicted octanol–water partition coefficient (Wildman–Crippen LogP) is 5.82. The number of hydrogen-bond donors (Lipinski definition) is 1. The van der Waals surface area contributed by atoms with Crippen LogP contribution in [0, 0.1) is 27.7 Å². The number of rotatable bonds is 5. The summed E-state index contributed by atoms with van der Waals surface area (Å²) in [5.41, 5.74) is 5.63. The Morgan fingerprint density at radius 1 is 0.886 bits per heavy atom. The van der Waals surface area contributed by atoms with E-state index in [1.165, 1.54) is 11.6 Å². The van der Waals surface area contributed by atoms with Gasteiger partial charge in [-0.25, -0.2) is 9.69 Å². The first-order valence-corrected chi connectivity index (χ1v) is 11.5. The summed E-state index contributed by atoms with van der Waals surface area (Å²) < 4.78 is 6.03. The fraction of sp³-hybridized carbons (Fsp3) is 0.179. The highest BCUT2D eigenvalue weighted by atomic mass is 35.5. The van der Waals surface area contributed by atoms with Crippen molar-refractivity contribution in [3.63, 3.8) is 0 Å². The van der Waals surface area contributed by atoms with Crippen molar-refractivity contribution in [2.45, 2.75) is 34.3 Å². The molecule has 0 radical (unpaired) electrons. The van der Waals surface area contributed by atoms with E-state index in [1.807, 2.05) is 45.0 Å². The molecule has 4 amide bonds. The lowest BCUT2D eigenvalue weighted by Gasteiger charge is -2.28. The lowest BCUT2D eigenvalue weighted by atomic mass is 10.0. The second-order valence-corrected chi connectivity index (χ2v) is 9.07. The number of carbonyl (C=O) groups is 3. The molecule has 35 heavy (non-hydrogen) atoms. The van der Waals surface area contributed by atoms with Crippen LogP contribution in [0.15, 0.2) is 60.2 Å². The molecular formula is C28H25ClN2O4. The van der Waals surface area contributed by atoms with E-state index in [4.69, 9.17) is 16.3 Å². The van der Waals surface area contributed by atoms with Crippen molar-refractivity contribution in [2.75, 3.05) is 4.90 Å².